The molecule has 2 aromatic carbocycles. The van der Waals surface area contributed by atoms with E-state index < -0.39 is 5.92 Å². The highest BCUT2D eigenvalue weighted by atomic mass is 19.1. The van der Waals surface area contributed by atoms with Crippen LogP contribution in [0.4, 0.5) is 21.5 Å². The number of benzene rings is 2. The van der Waals surface area contributed by atoms with E-state index in [9.17, 15) is 14.0 Å². The average Bonchev–Trinajstić information content (AvgIpc) is 2.98. The molecule has 0 bridgehead atoms. The zero-order valence-corrected chi connectivity index (χ0v) is 14.2. The van der Waals surface area contributed by atoms with Gasteiger partial charge >= 0.3 is 0 Å². The van der Waals surface area contributed by atoms with E-state index in [1.807, 2.05) is 43.3 Å². The Morgan fingerprint density at radius 3 is 2.36 bits per heavy atom. The van der Waals surface area contributed by atoms with Crippen LogP contribution in [0.25, 0.3) is 0 Å². The van der Waals surface area contributed by atoms with E-state index >= 15 is 0 Å². The molecule has 1 saturated heterocycles. The summed E-state index contributed by atoms with van der Waals surface area (Å²) in [4.78, 5) is 28.1. The number of carbonyl (C=O) groups is 2. The number of halogens is 1. The zero-order chi connectivity index (χ0) is 18.0. The molecule has 0 aromatic heterocycles. The van der Waals surface area contributed by atoms with E-state index in [1.54, 1.807) is 12.1 Å². The van der Waals surface area contributed by atoms with Crippen LogP contribution in [-0.4, -0.2) is 32.5 Å². The van der Waals surface area contributed by atoms with Gasteiger partial charge in [-0.25, -0.2) is 4.39 Å². The van der Waals surface area contributed by atoms with Crippen molar-refractivity contribution in [3.05, 3.63) is 54.3 Å². The fraction of sp³-hybridized carbons (Fsp3) is 0.263. The molecule has 1 aliphatic rings. The van der Waals surface area contributed by atoms with Gasteiger partial charge in [0.2, 0.25) is 11.8 Å². The van der Waals surface area contributed by atoms with Gasteiger partial charge in [0.1, 0.15) is 5.82 Å². The standard InChI is InChI=1S/C19H20FN3O2/c1-22(2)16-9-5-15(6-10-16)21-19(25)13-11-18(24)23(12-13)17-7-3-14(20)4-8-17/h3-10,13H,11-12H2,1-2H3,(H,21,25)/t13-/m1/s1. The van der Waals surface area contributed by atoms with Crippen molar-refractivity contribution in [2.45, 2.75) is 6.42 Å². The lowest BCUT2D eigenvalue weighted by Crippen LogP contribution is -2.28. The van der Waals surface area contributed by atoms with E-state index in [1.165, 1.54) is 17.0 Å². The Bertz CT molecular complexity index is 772. The number of amides is 2. The molecule has 5 nitrogen and oxygen atoms in total. The van der Waals surface area contributed by atoms with Gasteiger partial charge in [0.05, 0.1) is 5.92 Å². The molecule has 2 aromatic rings. The molecule has 0 aliphatic carbocycles. The number of hydrogen-bond donors (Lipinski definition) is 1. The summed E-state index contributed by atoms with van der Waals surface area (Å²) in [6.45, 7) is 0.298. The van der Waals surface area contributed by atoms with Gasteiger partial charge < -0.3 is 15.1 Å². The van der Waals surface area contributed by atoms with Crippen molar-refractivity contribution in [1.82, 2.24) is 0 Å². The summed E-state index contributed by atoms with van der Waals surface area (Å²) in [5, 5.41) is 2.86. The second kappa shape index (κ2) is 6.93. The van der Waals surface area contributed by atoms with E-state index in [0.29, 0.717) is 17.9 Å². The first kappa shape index (κ1) is 17.0. The maximum absolute atomic E-state index is 13.0. The summed E-state index contributed by atoms with van der Waals surface area (Å²) < 4.78 is 13.0. The van der Waals surface area contributed by atoms with Crippen molar-refractivity contribution in [1.29, 1.82) is 0 Å². The third-order valence-electron chi connectivity index (χ3n) is 4.29. The van der Waals surface area contributed by atoms with E-state index in [-0.39, 0.29) is 24.1 Å². The molecule has 0 radical (unpaired) electrons. The highest BCUT2D eigenvalue weighted by Gasteiger charge is 2.35. The molecule has 2 amide bonds. The summed E-state index contributed by atoms with van der Waals surface area (Å²) in [5.41, 5.74) is 2.34. The second-order valence-electron chi connectivity index (χ2n) is 6.31. The van der Waals surface area contributed by atoms with Crippen molar-refractivity contribution >= 4 is 28.9 Å². The quantitative estimate of drug-likeness (QED) is 0.930. The predicted octanol–water partition coefficient (Wildman–Crippen LogP) is 2.88. The van der Waals surface area contributed by atoms with Gasteiger partial charge in [-0.1, -0.05) is 0 Å². The minimum absolute atomic E-state index is 0.130. The topological polar surface area (TPSA) is 52.7 Å². The maximum Gasteiger partial charge on any atom is 0.229 e. The van der Waals surface area contributed by atoms with E-state index in [2.05, 4.69) is 5.32 Å². The van der Waals surface area contributed by atoms with E-state index in [0.717, 1.165) is 5.69 Å². The number of rotatable bonds is 4. The number of nitrogens with zero attached hydrogens (tertiary/aromatic N) is 2. The van der Waals surface area contributed by atoms with Crippen molar-refractivity contribution < 1.29 is 14.0 Å². The van der Waals surface area contributed by atoms with Gasteiger partial charge in [-0.3, -0.25) is 9.59 Å². The largest absolute Gasteiger partial charge is 0.378 e. The second-order valence-corrected chi connectivity index (χ2v) is 6.31. The Morgan fingerprint density at radius 2 is 1.76 bits per heavy atom. The first-order chi connectivity index (χ1) is 11.9. The van der Waals surface area contributed by atoms with Crippen LogP contribution >= 0.6 is 0 Å². The van der Waals surface area contributed by atoms with Crippen LogP contribution in [-0.2, 0) is 9.59 Å². The fourth-order valence-corrected chi connectivity index (χ4v) is 2.84. The molecule has 0 spiro atoms. The molecule has 1 fully saturated rings. The Labute approximate surface area is 146 Å². The van der Waals surface area contributed by atoms with Crippen LogP contribution < -0.4 is 15.1 Å². The molecule has 1 atom stereocenters. The van der Waals surface area contributed by atoms with Gasteiger partial charge in [0, 0.05) is 44.1 Å². The maximum atomic E-state index is 13.0. The van der Waals surface area contributed by atoms with Crippen molar-refractivity contribution in [2.24, 2.45) is 5.92 Å². The van der Waals surface area contributed by atoms with E-state index in [4.69, 9.17) is 0 Å². The molecule has 25 heavy (non-hydrogen) atoms. The molecule has 1 heterocycles. The summed E-state index contributed by atoms with van der Waals surface area (Å²) in [6.07, 6.45) is 0.152. The lowest BCUT2D eigenvalue weighted by molar-refractivity contribution is -0.122. The molecule has 3 rings (SSSR count). The first-order valence-electron chi connectivity index (χ1n) is 8.08. The normalized spacial score (nSPS) is 16.8. The monoisotopic (exact) mass is 341 g/mol. The summed E-state index contributed by atoms with van der Waals surface area (Å²) in [6, 6.07) is 13.2. The van der Waals surface area contributed by atoms with Crippen LogP contribution in [0.3, 0.4) is 0 Å². The highest BCUT2D eigenvalue weighted by Crippen LogP contribution is 2.26. The van der Waals surface area contributed by atoms with Crippen LogP contribution in [0.15, 0.2) is 48.5 Å². The third-order valence-corrected chi connectivity index (χ3v) is 4.29. The Balaban J connectivity index is 1.65. The van der Waals surface area contributed by atoms with Crippen molar-refractivity contribution in [2.75, 3.05) is 35.8 Å². The van der Waals surface area contributed by atoms with Crippen LogP contribution in [0.1, 0.15) is 6.42 Å². The zero-order valence-electron chi connectivity index (χ0n) is 14.2. The lowest BCUT2D eigenvalue weighted by Gasteiger charge is -2.17. The molecular formula is C19H20FN3O2. The lowest BCUT2D eigenvalue weighted by atomic mass is 10.1. The Kier molecular flexibility index (Phi) is 4.70. The average molecular weight is 341 g/mol. The smallest absolute Gasteiger partial charge is 0.229 e. The third kappa shape index (κ3) is 3.79. The van der Waals surface area contributed by atoms with Gasteiger partial charge in [-0.2, -0.15) is 0 Å². The van der Waals surface area contributed by atoms with Gasteiger partial charge in [-0.05, 0) is 48.5 Å². The first-order valence-corrected chi connectivity index (χ1v) is 8.08. The number of carbonyl (C=O) groups excluding carboxylic acids is 2. The fourth-order valence-electron chi connectivity index (χ4n) is 2.84. The molecule has 130 valence electrons. The summed E-state index contributed by atoms with van der Waals surface area (Å²) in [7, 11) is 3.89. The predicted molar refractivity (Wildman–Crippen MR) is 96.3 cm³/mol. The molecule has 0 saturated carbocycles. The van der Waals surface area contributed by atoms with Gasteiger partial charge in [-0.15, -0.1) is 0 Å². The van der Waals surface area contributed by atoms with Crippen molar-refractivity contribution in [3.8, 4) is 0 Å². The molecule has 1 aliphatic heterocycles. The molecule has 0 unspecified atom stereocenters. The number of nitrogens with one attached hydrogen (secondary N) is 1. The van der Waals surface area contributed by atoms with Crippen LogP contribution in [0.5, 0.6) is 0 Å². The highest BCUT2D eigenvalue weighted by molar-refractivity contribution is 6.03. The van der Waals surface area contributed by atoms with Crippen LogP contribution in [0.2, 0.25) is 0 Å². The number of anilines is 3. The molecule has 1 N–H and O–H groups in total. The SMILES string of the molecule is CN(C)c1ccc(NC(=O)[C@@H]2CC(=O)N(c3ccc(F)cc3)C2)cc1. The Hall–Kier alpha value is -2.89. The molecule has 6 heteroatoms. The number of hydrogen-bond acceptors (Lipinski definition) is 3. The minimum Gasteiger partial charge on any atom is -0.378 e. The summed E-state index contributed by atoms with van der Waals surface area (Å²) in [5.74, 6) is -1.10. The van der Waals surface area contributed by atoms with Crippen molar-refractivity contribution in [3.63, 3.8) is 0 Å². The van der Waals surface area contributed by atoms with Crippen LogP contribution in [0, 0.1) is 11.7 Å². The minimum atomic E-state index is -0.425. The molecular weight excluding hydrogens is 321 g/mol. The van der Waals surface area contributed by atoms with Gasteiger partial charge in [0.25, 0.3) is 0 Å². The summed E-state index contributed by atoms with van der Waals surface area (Å²) >= 11 is 0. The van der Waals surface area contributed by atoms with Gasteiger partial charge in [0.15, 0.2) is 0 Å². The Morgan fingerprint density at radius 1 is 1.12 bits per heavy atom.